The fourth-order valence-corrected chi connectivity index (χ4v) is 2.24. The summed E-state index contributed by atoms with van der Waals surface area (Å²) in [5.74, 6) is 0.552. The highest BCUT2D eigenvalue weighted by molar-refractivity contribution is 9.10. The Morgan fingerprint density at radius 2 is 1.95 bits per heavy atom. The lowest BCUT2D eigenvalue weighted by Crippen LogP contribution is -2.14. The molecule has 0 unspecified atom stereocenters. The van der Waals surface area contributed by atoms with Gasteiger partial charge in [-0.3, -0.25) is 0 Å². The number of ether oxygens (including phenoxy) is 1. The summed E-state index contributed by atoms with van der Waals surface area (Å²) in [5, 5.41) is 3.32. The molecule has 0 aliphatic carbocycles. The van der Waals surface area contributed by atoms with Gasteiger partial charge in [-0.25, -0.2) is 4.39 Å². The summed E-state index contributed by atoms with van der Waals surface area (Å²) < 4.78 is 20.3. The second-order valence-electron chi connectivity index (χ2n) is 4.46. The van der Waals surface area contributed by atoms with Gasteiger partial charge in [0.25, 0.3) is 0 Å². The third kappa shape index (κ3) is 4.05. The summed E-state index contributed by atoms with van der Waals surface area (Å²) in [5.41, 5.74) is 0.996. The molecular weight excluding hydrogens is 321 g/mol. The highest BCUT2D eigenvalue weighted by atomic mass is 79.9. The van der Waals surface area contributed by atoms with Crippen LogP contribution in [0.1, 0.15) is 18.9 Å². The summed E-state index contributed by atoms with van der Waals surface area (Å²) in [7, 11) is 0. The van der Waals surface area contributed by atoms with Crippen molar-refractivity contribution in [2.24, 2.45) is 0 Å². The van der Waals surface area contributed by atoms with Gasteiger partial charge in [-0.2, -0.15) is 0 Å². The molecule has 2 aromatic rings. The monoisotopic (exact) mass is 337 g/mol. The standard InChI is InChI=1S/C16H17BrFNO/c1-2-9-19-11-12-10-13(17)7-8-15(12)20-16-6-4-3-5-14(16)18/h3-8,10,19H,2,9,11H2,1H3. The maximum absolute atomic E-state index is 13.6. The van der Waals surface area contributed by atoms with E-state index >= 15 is 0 Å². The molecule has 0 bridgehead atoms. The lowest BCUT2D eigenvalue weighted by Gasteiger charge is -2.13. The molecule has 2 rings (SSSR count). The fraction of sp³-hybridized carbons (Fsp3) is 0.250. The summed E-state index contributed by atoms with van der Waals surface area (Å²) >= 11 is 3.45. The van der Waals surface area contributed by atoms with Crippen LogP contribution in [0.4, 0.5) is 4.39 Å². The third-order valence-corrected chi connectivity index (χ3v) is 3.31. The minimum atomic E-state index is -0.358. The second-order valence-corrected chi connectivity index (χ2v) is 5.38. The van der Waals surface area contributed by atoms with E-state index < -0.39 is 0 Å². The predicted molar refractivity (Wildman–Crippen MR) is 82.6 cm³/mol. The predicted octanol–water partition coefficient (Wildman–Crippen LogP) is 4.88. The van der Waals surface area contributed by atoms with Gasteiger partial charge in [-0.1, -0.05) is 35.0 Å². The zero-order chi connectivity index (χ0) is 14.4. The van der Waals surface area contributed by atoms with E-state index in [1.54, 1.807) is 18.2 Å². The van der Waals surface area contributed by atoms with Crippen molar-refractivity contribution in [2.45, 2.75) is 19.9 Å². The summed E-state index contributed by atoms with van der Waals surface area (Å²) in [6.45, 7) is 3.74. The number of hydrogen-bond acceptors (Lipinski definition) is 2. The van der Waals surface area contributed by atoms with Gasteiger partial charge in [-0.05, 0) is 43.3 Å². The van der Waals surface area contributed by atoms with Crippen LogP contribution in [0.15, 0.2) is 46.9 Å². The molecule has 0 saturated heterocycles. The molecule has 0 aliphatic rings. The van der Waals surface area contributed by atoms with Gasteiger partial charge in [0.05, 0.1) is 0 Å². The van der Waals surface area contributed by atoms with Gasteiger partial charge in [-0.15, -0.1) is 0 Å². The lowest BCUT2D eigenvalue weighted by atomic mass is 10.2. The van der Waals surface area contributed by atoms with E-state index in [2.05, 4.69) is 28.2 Å². The van der Waals surface area contributed by atoms with Crippen molar-refractivity contribution in [3.63, 3.8) is 0 Å². The molecule has 2 nitrogen and oxygen atoms in total. The van der Waals surface area contributed by atoms with Crippen LogP contribution < -0.4 is 10.1 Å². The maximum Gasteiger partial charge on any atom is 0.165 e. The SMILES string of the molecule is CCCNCc1cc(Br)ccc1Oc1ccccc1F. The molecule has 1 N–H and O–H groups in total. The first-order valence-electron chi connectivity index (χ1n) is 6.62. The first-order valence-corrected chi connectivity index (χ1v) is 7.41. The van der Waals surface area contributed by atoms with Crippen molar-refractivity contribution in [3.05, 3.63) is 58.3 Å². The Morgan fingerprint density at radius 1 is 1.15 bits per heavy atom. The van der Waals surface area contributed by atoms with Crippen LogP contribution in [0.3, 0.4) is 0 Å². The average Bonchev–Trinajstić information content (AvgIpc) is 2.44. The number of hydrogen-bond donors (Lipinski definition) is 1. The molecule has 0 aromatic heterocycles. The van der Waals surface area contributed by atoms with Crippen LogP contribution in [0, 0.1) is 5.82 Å². The van der Waals surface area contributed by atoms with Crippen molar-refractivity contribution in [2.75, 3.05) is 6.54 Å². The van der Waals surface area contributed by atoms with Crippen molar-refractivity contribution in [1.82, 2.24) is 5.32 Å². The lowest BCUT2D eigenvalue weighted by molar-refractivity contribution is 0.435. The zero-order valence-electron chi connectivity index (χ0n) is 11.3. The number of rotatable bonds is 6. The Labute approximate surface area is 127 Å². The van der Waals surface area contributed by atoms with Crippen molar-refractivity contribution in [1.29, 1.82) is 0 Å². The molecule has 20 heavy (non-hydrogen) atoms. The minimum Gasteiger partial charge on any atom is -0.454 e. The van der Waals surface area contributed by atoms with Gasteiger partial charge in [0.1, 0.15) is 5.75 Å². The highest BCUT2D eigenvalue weighted by Gasteiger charge is 2.08. The van der Waals surface area contributed by atoms with Crippen molar-refractivity contribution in [3.8, 4) is 11.5 Å². The van der Waals surface area contributed by atoms with E-state index in [9.17, 15) is 4.39 Å². The van der Waals surface area contributed by atoms with Crippen LogP contribution in [0.5, 0.6) is 11.5 Å². The van der Waals surface area contributed by atoms with E-state index in [4.69, 9.17) is 4.74 Å². The third-order valence-electron chi connectivity index (χ3n) is 2.82. The summed E-state index contributed by atoms with van der Waals surface area (Å²) in [4.78, 5) is 0. The van der Waals surface area contributed by atoms with Gasteiger partial charge in [0.15, 0.2) is 11.6 Å². The molecule has 0 amide bonds. The van der Waals surface area contributed by atoms with Crippen LogP contribution >= 0.6 is 15.9 Å². The number of para-hydroxylation sites is 1. The molecule has 0 fully saturated rings. The average molecular weight is 338 g/mol. The Balaban J connectivity index is 2.20. The van der Waals surface area contributed by atoms with E-state index in [1.807, 2.05) is 18.2 Å². The first kappa shape index (κ1) is 15.0. The number of halogens is 2. The highest BCUT2D eigenvalue weighted by Crippen LogP contribution is 2.29. The molecular formula is C16H17BrFNO. The second kappa shape index (κ2) is 7.41. The molecule has 0 atom stereocenters. The van der Waals surface area contributed by atoms with E-state index in [1.165, 1.54) is 6.07 Å². The van der Waals surface area contributed by atoms with Gasteiger partial charge in [0.2, 0.25) is 0 Å². The Morgan fingerprint density at radius 3 is 2.70 bits per heavy atom. The van der Waals surface area contributed by atoms with Gasteiger partial charge < -0.3 is 10.1 Å². The molecule has 0 spiro atoms. The van der Waals surface area contributed by atoms with Crippen molar-refractivity contribution < 1.29 is 9.13 Å². The molecule has 0 radical (unpaired) electrons. The quantitative estimate of drug-likeness (QED) is 0.758. The van der Waals surface area contributed by atoms with Gasteiger partial charge in [0, 0.05) is 16.6 Å². The van der Waals surface area contributed by atoms with Gasteiger partial charge >= 0.3 is 0 Å². The van der Waals surface area contributed by atoms with Crippen LogP contribution in [-0.4, -0.2) is 6.54 Å². The normalized spacial score (nSPS) is 10.6. The Kier molecular flexibility index (Phi) is 5.56. The molecule has 106 valence electrons. The van der Waals surface area contributed by atoms with Crippen molar-refractivity contribution >= 4 is 15.9 Å². The molecule has 0 saturated carbocycles. The Bertz CT molecular complexity index is 574. The molecule has 4 heteroatoms. The first-order chi connectivity index (χ1) is 9.70. The van der Waals surface area contributed by atoms with E-state index in [0.29, 0.717) is 12.3 Å². The largest absolute Gasteiger partial charge is 0.454 e. The zero-order valence-corrected chi connectivity index (χ0v) is 12.9. The minimum absolute atomic E-state index is 0.242. The number of benzene rings is 2. The van der Waals surface area contributed by atoms with Crippen LogP contribution in [-0.2, 0) is 6.54 Å². The smallest absolute Gasteiger partial charge is 0.165 e. The summed E-state index contributed by atoms with van der Waals surface area (Å²) in [6, 6.07) is 12.1. The topological polar surface area (TPSA) is 21.3 Å². The van der Waals surface area contributed by atoms with Crippen LogP contribution in [0.2, 0.25) is 0 Å². The van der Waals surface area contributed by atoms with E-state index in [-0.39, 0.29) is 11.6 Å². The molecule has 0 heterocycles. The Hall–Kier alpha value is -1.39. The fourth-order valence-electron chi connectivity index (χ4n) is 1.83. The maximum atomic E-state index is 13.6. The van der Waals surface area contributed by atoms with E-state index in [0.717, 1.165) is 23.0 Å². The van der Waals surface area contributed by atoms with Crippen LogP contribution in [0.25, 0.3) is 0 Å². The molecule has 2 aromatic carbocycles. The molecule has 0 aliphatic heterocycles. The number of nitrogens with one attached hydrogen (secondary N) is 1. The summed E-state index contributed by atoms with van der Waals surface area (Å²) in [6.07, 6.45) is 1.07.